The molecule has 0 bridgehead atoms. The van der Waals surface area contributed by atoms with Gasteiger partial charge in [-0.15, -0.1) is 0 Å². The molecule has 0 unspecified atom stereocenters. The van der Waals surface area contributed by atoms with Crippen LogP contribution in [-0.4, -0.2) is 32.6 Å². The maximum Gasteiger partial charge on any atom is 0.335 e. The van der Waals surface area contributed by atoms with Crippen LogP contribution >= 0.6 is 0 Å². The molecule has 0 heterocycles. The molecule has 0 saturated heterocycles. The van der Waals surface area contributed by atoms with E-state index in [1.807, 2.05) is 11.8 Å². The SMILES string of the molecule is CCCCN(CC)c1ccc(C(=O)O)cc1NS(=O)(=O)c1ccccc1C. The number of aromatic carboxylic acids is 1. The summed E-state index contributed by atoms with van der Waals surface area (Å²) in [4.78, 5) is 13.6. The summed E-state index contributed by atoms with van der Waals surface area (Å²) in [5.41, 5.74) is 1.61. The standard InChI is InChI=1S/C20H26N2O4S/c1-4-6-13-22(5-2)18-12-11-16(20(23)24)14-17(18)21-27(25,26)19-10-8-7-9-15(19)3/h7-12,14,21H,4-6,13H2,1-3H3,(H,23,24). The summed E-state index contributed by atoms with van der Waals surface area (Å²) in [6, 6.07) is 11.2. The van der Waals surface area contributed by atoms with Crippen molar-refractivity contribution in [1.29, 1.82) is 0 Å². The Hall–Kier alpha value is -2.54. The van der Waals surface area contributed by atoms with Crippen molar-refractivity contribution in [3.8, 4) is 0 Å². The van der Waals surface area contributed by atoms with Gasteiger partial charge in [-0.2, -0.15) is 0 Å². The van der Waals surface area contributed by atoms with Crippen LogP contribution < -0.4 is 9.62 Å². The fourth-order valence-electron chi connectivity index (χ4n) is 2.88. The van der Waals surface area contributed by atoms with E-state index in [1.165, 1.54) is 18.2 Å². The fraction of sp³-hybridized carbons (Fsp3) is 0.350. The zero-order chi connectivity index (χ0) is 20.0. The molecule has 2 aromatic carbocycles. The molecule has 2 aromatic rings. The second-order valence-corrected chi connectivity index (χ2v) is 7.99. The highest BCUT2D eigenvalue weighted by Gasteiger charge is 2.21. The van der Waals surface area contributed by atoms with Crippen LogP contribution in [0.1, 0.15) is 42.6 Å². The summed E-state index contributed by atoms with van der Waals surface area (Å²) >= 11 is 0. The van der Waals surface area contributed by atoms with Crippen LogP contribution in [0.25, 0.3) is 0 Å². The molecule has 6 nitrogen and oxygen atoms in total. The number of aryl methyl sites for hydroxylation is 1. The van der Waals surface area contributed by atoms with Crippen LogP contribution in [0.15, 0.2) is 47.4 Å². The highest BCUT2D eigenvalue weighted by molar-refractivity contribution is 7.92. The minimum absolute atomic E-state index is 0.0350. The van der Waals surface area contributed by atoms with Crippen LogP contribution in [0.5, 0.6) is 0 Å². The third-order valence-electron chi connectivity index (χ3n) is 4.37. The molecule has 0 fully saturated rings. The Balaban J connectivity index is 2.50. The number of nitrogens with one attached hydrogen (secondary N) is 1. The largest absolute Gasteiger partial charge is 0.478 e. The van der Waals surface area contributed by atoms with Gasteiger partial charge in [0, 0.05) is 13.1 Å². The van der Waals surface area contributed by atoms with E-state index < -0.39 is 16.0 Å². The first kappa shape index (κ1) is 20.8. The van der Waals surface area contributed by atoms with Gasteiger partial charge in [0.2, 0.25) is 0 Å². The first-order valence-corrected chi connectivity index (χ1v) is 10.5. The predicted molar refractivity (Wildman–Crippen MR) is 108 cm³/mol. The van der Waals surface area contributed by atoms with E-state index in [-0.39, 0.29) is 16.1 Å². The molecule has 0 aromatic heterocycles. The molecule has 0 radical (unpaired) electrons. The number of carboxylic acids is 1. The van der Waals surface area contributed by atoms with E-state index >= 15 is 0 Å². The Bertz CT molecular complexity index is 910. The number of benzene rings is 2. The smallest absolute Gasteiger partial charge is 0.335 e. The number of nitrogens with zero attached hydrogens (tertiary/aromatic N) is 1. The topological polar surface area (TPSA) is 86.7 Å². The maximum absolute atomic E-state index is 12.9. The molecular weight excluding hydrogens is 364 g/mol. The van der Waals surface area contributed by atoms with Gasteiger partial charge in [-0.3, -0.25) is 4.72 Å². The Morgan fingerprint density at radius 3 is 2.44 bits per heavy atom. The Labute approximate surface area is 160 Å². The zero-order valence-electron chi connectivity index (χ0n) is 15.9. The number of hydrogen-bond donors (Lipinski definition) is 2. The number of unbranched alkanes of at least 4 members (excludes halogenated alkanes) is 1. The molecule has 0 aliphatic heterocycles. The average Bonchev–Trinajstić information content (AvgIpc) is 2.63. The highest BCUT2D eigenvalue weighted by Crippen LogP contribution is 2.30. The molecular formula is C20H26N2O4S. The van der Waals surface area contributed by atoms with Crippen molar-refractivity contribution in [1.82, 2.24) is 0 Å². The van der Waals surface area contributed by atoms with Crippen molar-refractivity contribution < 1.29 is 18.3 Å². The Morgan fingerprint density at radius 2 is 1.85 bits per heavy atom. The van der Waals surface area contributed by atoms with Crippen molar-refractivity contribution in [3.05, 3.63) is 53.6 Å². The van der Waals surface area contributed by atoms with Gasteiger partial charge in [0.05, 0.1) is 21.8 Å². The van der Waals surface area contributed by atoms with Crippen LogP contribution in [0, 0.1) is 6.92 Å². The molecule has 2 rings (SSSR count). The Kier molecular flexibility index (Phi) is 6.85. The van der Waals surface area contributed by atoms with E-state index in [4.69, 9.17) is 0 Å². The van der Waals surface area contributed by atoms with E-state index in [2.05, 4.69) is 11.6 Å². The summed E-state index contributed by atoms with van der Waals surface area (Å²) in [5, 5.41) is 9.31. The zero-order valence-corrected chi connectivity index (χ0v) is 16.7. The third-order valence-corrected chi connectivity index (χ3v) is 5.90. The number of hydrogen-bond acceptors (Lipinski definition) is 4. The number of carboxylic acid groups (broad SMARTS) is 1. The average molecular weight is 391 g/mol. The lowest BCUT2D eigenvalue weighted by atomic mass is 10.1. The van der Waals surface area contributed by atoms with E-state index in [9.17, 15) is 18.3 Å². The molecule has 0 spiro atoms. The van der Waals surface area contributed by atoms with Crippen molar-refractivity contribution in [2.75, 3.05) is 22.7 Å². The van der Waals surface area contributed by atoms with Gasteiger partial charge in [0.25, 0.3) is 10.0 Å². The summed E-state index contributed by atoms with van der Waals surface area (Å²) in [5.74, 6) is -1.10. The lowest BCUT2D eigenvalue weighted by molar-refractivity contribution is 0.0697. The molecule has 0 aliphatic rings. The summed E-state index contributed by atoms with van der Waals surface area (Å²) < 4.78 is 28.4. The second-order valence-electron chi connectivity index (χ2n) is 6.34. The van der Waals surface area contributed by atoms with E-state index in [0.29, 0.717) is 17.8 Å². The number of anilines is 2. The van der Waals surface area contributed by atoms with Crippen molar-refractivity contribution in [3.63, 3.8) is 0 Å². The van der Waals surface area contributed by atoms with Crippen LogP contribution in [0.2, 0.25) is 0 Å². The minimum Gasteiger partial charge on any atom is -0.478 e. The number of sulfonamides is 1. The monoisotopic (exact) mass is 390 g/mol. The molecule has 27 heavy (non-hydrogen) atoms. The minimum atomic E-state index is -3.84. The normalized spacial score (nSPS) is 11.2. The van der Waals surface area contributed by atoms with Crippen LogP contribution in [0.4, 0.5) is 11.4 Å². The first-order valence-electron chi connectivity index (χ1n) is 9.00. The summed E-state index contributed by atoms with van der Waals surface area (Å²) in [6.07, 6.45) is 1.96. The molecule has 2 N–H and O–H groups in total. The molecule has 146 valence electrons. The Morgan fingerprint density at radius 1 is 1.15 bits per heavy atom. The van der Waals surface area contributed by atoms with Gasteiger partial charge in [-0.25, -0.2) is 13.2 Å². The quantitative estimate of drug-likeness (QED) is 0.672. The van der Waals surface area contributed by atoms with Gasteiger partial charge in [0.15, 0.2) is 0 Å². The highest BCUT2D eigenvalue weighted by atomic mass is 32.2. The molecule has 0 amide bonds. The summed E-state index contributed by atoms with van der Waals surface area (Å²) in [6.45, 7) is 7.25. The van der Waals surface area contributed by atoms with Gasteiger partial charge >= 0.3 is 5.97 Å². The fourth-order valence-corrected chi connectivity index (χ4v) is 4.19. The molecule has 0 atom stereocenters. The van der Waals surface area contributed by atoms with Gasteiger partial charge < -0.3 is 10.0 Å². The lowest BCUT2D eigenvalue weighted by Gasteiger charge is -2.26. The second kappa shape index (κ2) is 8.90. The van der Waals surface area contributed by atoms with Gasteiger partial charge in [-0.05, 0) is 50.1 Å². The first-order chi connectivity index (χ1) is 12.8. The summed E-state index contributed by atoms with van der Waals surface area (Å²) in [7, 11) is -3.84. The van der Waals surface area contributed by atoms with Gasteiger partial charge in [-0.1, -0.05) is 31.5 Å². The van der Waals surface area contributed by atoms with Gasteiger partial charge in [0.1, 0.15) is 0 Å². The van der Waals surface area contributed by atoms with Crippen molar-refractivity contribution in [2.45, 2.75) is 38.5 Å². The predicted octanol–water partition coefficient (Wildman–Crippen LogP) is 4.12. The lowest BCUT2D eigenvalue weighted by Crippen LogP contribution is -2.26. The number of rotatable bonds is 9. The van der Waals surface area contributed by atoms with E-state index in [0.717, 1.165) is 19.4 Å². The maximum atomic E-state index is 12.9. The molecule has 0 saturated carbocycles. The van der Waals surface area contributed by atoms with E-state index in [1.54, 1.807) is 31.2 Å². The molecule has 0 aliphatic carbocycles. The number of carbonyl (C=O) groups is 1. The van der Waals surface area contributed by atoms with Crippen molar-refractivity contribution in [2.24, 2.45) is 0 Å². The molecule has 7 heteroatoms. The van der Waals surface area contributed by atoms with Crippen LogP contribution in [-0.2, 0) is 10.0 Å². The van der Waals surface area contributed by atoms with Crippen LogP contribution in [0.3, 0.4) is 0 Å². The van der Waals surface area contributed by atoms with Crippen molar-refractivity contribution >= 4 is 27.4 Å². The third kappa shape index (κ3) is 5.01.